The summed E-state index contributed by atoms with van der Waals surface area (Å²) in [5, 5.41) is 12.1. The summed E-state index contributed by atoms with van der Waals surface area (Å²) < 4.78 is 5.24. The number of halogens is 1. The van der Waals surface area contributed by atoms with Crippen molar-refractivity contribution in [3.8, 4) is 11.8 Å². The van der Waals surface area contributed by atoms with E-state index in [1.54, 1.807) is 25.3 Å². The highest BCUT2D eigenvalue weighted by Gasteiger charge is 2.26. The minimum atomic E-state index is -0.0730. The zero-order valence-electron chi connectivity index (χ0n) is 12.6. The Hall–Kier alpha value is -1.77. The molecular weight excluding hydrogens is 302 g/mol. The fourth-order valence-corrected chi connectivity index (χ4v) is 2.87. The maximum atomic E-state index is 12.5. The molecule has 1 aliphatic heterocycles. The van der Waals surface area contributed by atoms with Gasteiger partial charge in [0.05, 0.1) is 24.8 Å². The second-order valence-electron chi connectivity index (χ2n) is 5.38. The van der Waals surface area contributed by atoms with Crippen LogP contribution in [0, 0.1) is 17.2 Å². The van der Waals surface area contributed by atoms with Crippen LogP contribution in [0.15, 0.2) is 18.2 Å². The van der Waals surface area contributed by atoms with Crippen molar-refractivity contribution >= 4 is 23.2 Å². The maximum absolute atomic E-state index is 12.5. The fraction of sp³-hybridized carbons (Fsp3) is 0.500. The van der Waals surface area contributed by atoms with Gasteiger partial charge in [0, 0.05) is 24.5 Å². The number of amides is 1. The lowest BCUT2D eigenvalue weighted by Gasteiger charge is -2.31. The molecule has 0 aliphatic carbocycles. The van der Waals surface area contributed by atoms with Gasteiger partial charge in [-0.1, -0.05) is 11.6 Å². The van der Waals surface area contributed by atoms with Crippen LogP contribution in [0.2, 0.25) is 5.02 Å². The van der Waals surface area contributed by atoms with Crippen LogP contribution in [0.1, 0.15) is 19.3 Å². The van der Waals surface area contributed by atoms with Crippen LogP contribution < -0.4 is 10.1 Å². The van der Waals surface area contributed by atoms with Gasteiger partial charge in [-0.15, -0.1) is 0 Å². The molecule has 22 heavy (non-hydrogen) atoms. The number of nitrogens with one attached hydrogen (secondary N) is 1. The Kier molecular flexibility index (Phi) is 6.05. The number of benzene rings is 1. The van der Waals surface area contributed by atoms with Gasteiger partial charge >= 0.3 is 0 Å². The number of methoxy groups -OCH3 is 1. The van der Waals surface area contributed by atoms with Crippen LogP contribution in [-0.2, 0) is 4.79 Å². The van der Waals surface area contributed by atoms with E-state index in [1.165, 1.54) is 0 Å². The van der Waals surface area contributed by atoms with Crippen LogP contribution in [0.25, 0.3) is 0 Å². The highest BCUT2D eigenvalue weighted by molar-refractivity contribution is 6.31. The lowest BCUT2D eigenvalue weighted by Crippen LogP contribution is -2.41. The summed E-state index contributed by atoms with van der Waals surface area (Å²) in [6.07, 6.45) is 2.32. The Bertz CT molecular complexity index is 571. The van der Waals surface area contributed by atoms with Gasteiger partial charge in [0.15, 0.2) is 0 Å². The molecule has 1 aromatic rings. The first-order chi connectivity index (χ1) is 10.6. The largest absolute Gasteiger partial charge is 0.495 e. The molecule has 118 valence electrons. The number of hydrogen-bond acceptors (Lipinski definition) is 4. The molecule has 1 aliphatic rings. The van der Waals surface area contributed by atoms with E-state index in [2.05, 4.69) is 16.3 Å². The summed E-state index contributed by atoms with van der Waals surface area (Å²) in [7, 11) is 1.56. The van der Waals surface area contributed by atoms with E-state index in [4.69, 9.17) is 21.6 Å². The Morgan fingerprint density at radius 3 is 3.14 bits per heavy atom. The molecule has 2 rings (SSSR count). The molecule has 1 aromatic carbocycles. The molecule has 0 spiro atoms. The van der Waals surface area contributed by atoms with Crippen LogP contribution in [0.4, 0.5) is 5.69 Å². The number of carbonyl (C=O) groups excluding carboxylic acids is 1. The molecule has 0 aromatic heterocycles. The van der Waals surface area contributed by atoms with Gasteiger partial charge in [0.2, 0.25) is 5.91 Å². The number of nitriles is 1. The molecule has 6 heteroatoms. The number of hydrogen-bond donors (Lipinski definition) is 1. The minimum absolute atomic E-state index is 0.0257. The number of ether oxygens (including phenoxy) is 1. The van der Waals surface area contributed by atoms with E-state index < -0.39 is 0 Å². The highest BCUT2D eigenvalue weighted by Crippen LogP contribution is 2.29. The topological polar surface area (TPSA) is 65.4 Å². The maximum Gasteiger partial charge on any atom is 0.228 e. The van der Waals surface area contributed by atoms with Gasteiger partial charge in [-0.2, -0.15) is 5.26 Å². The molecule has 5 nitrogen and oxygen atoms in total. The first-order valence-electron chi connectivity index (χ1n) is 7.37. The van der Waals surface area contributed by atoms with Gasteiger partial charge in [-0.25, -0.2) is 0 Å². The number of anilines is 1. The van der Waals surface area contributed by atoms with Crippen molar-refractivity contribution in [1.29, 1.82) is 5.26 Å². The Balaban J connectivity index is 2.00. The second-order valence-corrected chi connectivity index (χ2v) is 5.82. The number of carbonyl (C=O) groups is 1. The standard InChI is InChI=1S/C16H20ClN3O2/c1-22-15-6-5-13(17)10-14(15)19-16(21)12-4-2-8-20(11-12)9-3-7-18/h5-6,10,12H,2-4,8-9,11H2,1H3,(H,19,21). The third kappa shape index (κ3) is 4.36. The smallest absolute Gasteiger partial charge is 0.228 e. The number of piperidine rings is 1. The van der Waals surface area contributed by atoms with E-state index in [0.717, 1.165) is 25.9 Å². The van der Waals surface area contributed by atoms with Crippen molar-refractivity contribution in [3.63, 3.8) is 0 Å². The first kappa shape index (κ1) is 16.6. The average Bonchev–Trinajstić information content (AvgIpc) is 2.53. The van der Waals surface area contributed by atoms with Crippen LogP contribution >= 0.6 is 11.6 Å². The lowest BCUT2D eigenvalue weighted by atomic mass is 9.97. The van der Waals surface area contributed by atoms with Gasteiger partial charge < -0.3 is 15.0 Å². The molecule has 1 saturated heterocycles. The zero-order chi connectivity index (χ0) is 15.9. The van der Waals surface area contributed by atoms with E-state index >= 15 is 0 Å². The number of nitrogens with zero attached hydrogens (tertiary/aromatic N) is 2. The van der Waals surface area contributed by atoms with Crippen molar-refractivity contribution in [1.82, 2.24) is 4.90 Å². The molecule has 1 unspecified atom stereocenters. The molecule has 0 radical (unpaired) electrons. The van der Waals surface area contributed by atoms with Gasteiger partial charge in [-0.3, -0.25) is 4.79 Å². The van der Waals surface area contributed by atoms with E-state index in [-0.39, 0.29) is 11.8 Å². The third-order valence-corrected chi connectivity index (χ3v) is 4.07. The normalized spacial score (nSPS) is 18.5. The van der Waals surface area contributed by atoms with Crippen LogP contribution in [0.3, 0.4) is 0 Å². The molecule has 0 bridgehead atoms. The molecule has 1 atom stereocenters. The summed E-state index contributed by atoms with van der Waals surface area (Å²) in [4.78, 5) is 14.6. The summed E-state index contributed by atoms with van der Waals surface area (Å²) >= 11 is 5.98. The molecular formula is C16H20ClN3O2. The Morgan fingerprint density at radius 2 is 2.41 bits per heavy atom. The van der Waals surface area contributed by atoms with Crippen LogP contribution in [0.5, 0.6) is 5.75 Å². The molecule has 1 heterocycles. The second kappa shape index (κ2) is 8.02. The van der Waals surface area contributed by atoms with E-state index in [1.807, 2.05) is 0 Å². The third-order valence-electron chi connectivity index (χ3n) is 3.84. The van der Waals surface area contributed by atoms with E-state index in [9.17, 15) is 4.79 Å². The average molecular weight is 322 g/mol. The first-order valence-corrected chi connectivity index (χ1v) is 7.75. The Labute approximate surface area is 135 Å². The fourth-order valence-electron chi connectivity index (χ4n) is 2.69. The van der Waals surface area contributed by atoms with Gasteiger partial charge in [0.25, 0.3) is 0 Å². The molecule has 0 saturated carbocycles. The quantitative estimate of drug-likeness (QED) is 0.905. The van der Waals surface area contributed by atoms with Crippen molar-refractivity contribution in [2.45, 2.75) is 19.3 Å². The highest BCUT2D eigenvalue weighted by atomic mass is 35.5. The lowest BCUT2D eigenvalue weighted by molar-refractivity contribution is -0.121. The van der Waals surface area contributed by atoms with Crippen LogP contribution in [-0.4, -0.2) is 37.6 Å². The SMILES string of the molecule is COc1ccc(Cl)cc1NC(=O)C1CCCN(CCC#N)C1. The van der Waals surface area contributed by atoms with Gasteiger partial charge in [0.1, 0.15) is 5.75 Å². The van der Waals surface area contributed by atoms with Gasteiger partial charge in [-0.05, 0) is 37.6 Å². The summed E-state index contributed by atoms with van der Waals surface area (Å²) in [6, 6.07) is 7.29. The van der Waals surface area contributed by atoms with Crippen molar-refractivity contribution < 1.29 is 9.53 Å². The summed E-state index contributed by atoms with van der Waals surface area (Å²) in [6.45, 7) is 2.36. The zero-order valence-corrected chi connectivity index (χ0v) is 13.4. The van der Waals surface area contributed by atoms with E-state index in [0.29, 0.717) is 29.4 Å². The molecule has 1 fully saturated rings. The molecule has 1 amide bonds. The van der Waals surface area contributed by atoms with Crippen molar-refractivity contribution in [2.75, 3.05) is 32.1 Å². The minimum Gasteiger partial charge on any atom is -0.495 e. The summed E-state index contributed by atoms with van der Waals surface area (Å²) in [5.74, 6) is 0.494. The molecule has 1 N–H and O–H groups in total. The monoisotopic (exact) mass is 321 g/mol. The predicted octanol–water partition coefficient (Wildman–Crippen LogP) is 2.91. The van der Waals surface area contributed by atoms with Crippen molar-refractivity contribution in [2.24, 2.45) is 5.92 Å². The number of likely N-dealkylation sites (tertiary alicyclic amines) is 1. The Morgan fingerprint density at radius 1 is 1.59 bits per heavy atom. The van der Waals surface area contributed by atoms with Crippen molar-refractivity contribution in [3.05, 3.63) is 23.2 Å². The predicted molar refractivity (Wildman–Crippen MR) is 86.0 cm³/mol. The summed E-state index contributed by atoms with van der Waals surface area (Å²) in [5.41, 5.74) is 0.592. The number of rotatable bonds is 5.